The van der Waals surface area contributed by atoms with E-state index in [1.165, 1.54) is 0 Å². The van der Waals surface area contributed by atoms with Crippen LogP contribution in [0.3, 0.4) is 0 Å². The second-order valence-electron chi connectivity index (χ2n) is 3.60. The number of halogens is 2. The molecule has 3 heteroatoms. The van der Waals surface area contributed by atoms with Crippen molar-refractivity contribution in [3.8, 4) is 0 Å². The zero-order valence-corrected chi connectivity index (χ0v) is 10.9. The number of hydrogen-bond donors (Lipinski definition) is 0. The van der Waals surface area contributed by atoms with Gasteiger partial charge in [0.25, 0.3) is 0 Å². The van der Waals surface area contributed by atoms with E-state index in [-0.39, 0.29) is 0 Å². The normalized spacial score (nSPS) is 24.8. The van der Waals surface area contributed by atoms with Crippen LogP contribution in [-0.4, -0.2) is 10.00 Å². The zero-order chi connectivity index (χ0) is 11.4. The summed E-state index contributed by atoms with van der Waals surface area (Å²) < 4.78 is -0.420. The van der Waals surface area contributed by atoms with E-state index < -0.39 is 3.78 Å². The molecule has 0 aliphatic heterocycles. The van der Waals surface area contributed by atoms with Gasteiger partial charge < -0.3 is 0 Å². The second-order valence-corrected chi connectivity index (χ2v) is 6.14. The summed E-state index contributed by atoms with van der Waals surface area (Å²) in [6.07, 6.45) is 8.58. The zero-order valence-electron chi connectivity index (χ0n) is 8.61. The molecular formula is C13H11BrClN. The number of para-hydroxylation sites is 1. The van der Waals surface area contributed by atoms with Crippen molar-refractivity contribution in [3.05, 3.63) is 54.1 Å². The molecule has 1 aromatic rings. The molecule has 0 amide bonds. The highest BCUT2D eigenvalue weighted by Crippen LogP contribution is 2.33. The molecule has 0 N–H and O–H groups in total. The van der Waals surface area contributed by atoms with E-state index >= 15 is 0 Å². The Kier molecular flexibility index (Phi) is 3.62. The summed E-state index contributed by atoms with van der Waals surface area (Å²) in [4.78, 5) is 4.37. The lowest BCUT2D eigenvalue weighted by atomic mass is 10.1. The summed E-state index contributed by atoms with van der Waals surface area (Å²) in [6.45, 7) is 0. The lowest BCUT2D eigenvalue weighted by Gasteiger charge is -2.16. The SMILES string of the molecule is ClC1(Br)C=CC(C=Nc2ccccc2)=CC1. The lowest BCUT2D eigenvalue weighted by molar-refractivity contribution is 0.989. The van der Waals surface area contributed by atoms with Gasteiger partial charge in [0.2, 0.25) is 0 Å². The lowest BCUT2D eigenvalue weighted by Crippen LogP contribution is -2.09. The molecule has 0 radical (unpaired) electrons. The number of hydrogen-bond acceptors (Lipinski definition) is 1. The largest absolute Gasteiger partial charge is 0.256 e. The van der Waals surface area contributed by atoms with Crippen molar-refractivity contribution in [2.45, 2.75) is 10.2 Å². The molecule has 1 unspecified atom stereocenters. The number of allylic oxidation sites excluding steroid dienone is 4. The standard InChI is InChI=1S/C13H11BrClN/c14-13(15)8-6-11(7-9-13)10-16-12-4-2-1-3-5-12/h1-8,10H,9H2. The highest BCUT2D eigenvalue weighted by atomic mass is 79.9. The second kappa shape index (κ2) is 4.98. The fourth-order valence-corrected chi connectivity index (χ4v) is 1.80. The Morgan fingerprint density at radius 2 is 2.06 bits per heavy atom. The Balaban J connectivity index is 2.05. The van der Waals surface area contributed by atoms with Gasteiger partial charge in [-0.15, -0.1) is 11.6 Å². The average Bonchev–Trinajstić information content (AvgIpc) is 2.29. The molecular weight excluding hydrogens is 286 g/mol. The molecule has 1 atom stereocenters. The Morgan fingerprint density at radius 1 is 1.31 bits per heavy atom. The van der Waals surface area contributed by atoms with Gasteiger partial charge in [-0.25, -0.2) is 0 Å². The Morgan fingerprint density at radius 3 is 2.69 bits per heavy atom. The summed E-state index contributed by atoms with van der Waals surface area (Å²) in [5, 5.41) is 0. The number of rotatable bonds is 2. The van der Waals surface area contributed by atoms with E-state index in [0.29, 0.717) is 0 Å². The summed E-state index contributed by atoms with van der Waals surface area (Å²) >= 11 is 9.50. The first-order valence-corrected chi connectivity index (χ1v) is 6.19. The average molecular weight is 297 g/mol. The third-order valence-electron chi connectivity index (χ3n) is 2.25. The fourth-order valence-electron chi connectivity index (χ4n) is 1.37. The van der Waals surface area contributed by atoms with Crippen LogP contribution in [-0.2, 0) is 0 Å². The van der Waals surface area contributed by atoms with Crippen molar-refractivity contribution >= 4 is 39.4 Å². The van der Waals surface area contributed by atoms with Crippen molar-refractivity contribution in [3.63, 3.8) is 0 Å². The van der Waals surface area contributed by atoms with Crippen LogP contribution < -0.4 is 0 Å². The predicted molar refractivity (Wildman–Crippen MR) is 73.9 cm³/mol. The molecule has 1 nitrogen and oxygen atoms in total. The van der Waals surface area contributed by atoms with Gasteiger partial charge in [-0.3, -0.25) is 4.99 Å². The van der Waals surface area contributed by atoms with Gasteiger partial charge in [-0.05, 0) is 24.1 Å². The van der Waals surface area contributed by atoms with Crippen molar-refractivity contribution in [1.82, 2.24) is 0 Å². The summed E-state index contributed by atoms with van der Waals surface area (Å²) in [6, 6.07) is 9.87. The van der Waals surface area contributed by atoms with E-state index in [0.717, 1.165) is 17.7 Å². The minimum Gasteiger partial charge on any atom is -0.256 e. The van der Waals surface area contributed by atoms with Gasteiger partial charge in [0, 0.05) is 6.21 Å². The first-order chi connectivity index (χ1) is 7.66. The van der Waals surface area contributed by atoms with E-state index in [4.69, 9.17) is 11.6 Å². The van der Waals surface area contributed by atoms with Crippen LogP contribution in [0.15, 0.2) is 59.1 Å². The molecule has 0 saturated heterocycles. The van der Waals surface area contributed by atoms with Crippen molar-refractivity contribution in [2.24, 2.45) is 4.99 Å². The Labute approximate surface area is 109 Å². The maximum Gasteiger partial charge on any atom is 0.121 e. The van der Waals surface area contributed by atoms with Crippen LogP contribution in [0.5, 0.6) is 0 Å². The van der Waals surface area contributed by atoms with Crippen LogP contribution in [0.25, 0.3) is 0 Å². The topological polar surface area (TPSA) is 12.4 Å². The fraction of sp³-hybridized carbons (Fsp3) is 0.154. The molecule has 0 spiro atoms. The van der Waals surface area contributed by atoms with Crippen molar-refractivity contribution in [1.29, 1.82) is 0 Å². The van der Waals surface area contributed by atoms with E-state index in [2.05, 4.69) is 27.0 Å². The van der Waals surface area contributed by atoms with Gasteiger partial charge in [0.1, 0.15) is 3.78 Å². The monoisotopic (exact) mass is 295 g/mol. The number of alkyl halides is 2. The molecule has 1 aromatic carbocycles. The Hall–Kier alpha value is -0.860. The first kappa shape index (κ1) is 11.6. The summed E-state index contributed by atoms with van der Waals surface area (Å²) in [7, 11) is 0. The molecule has 82 valence electrons. The first-order valence-electron chi connectivity index (χ1n) is 5.02. The third-order valence-corrected chi connectivity index (χ3v) is 3.12. The predicted octanol–water partition coefficient (Wildman–Crippen LogP) is 4.61. The molecule has 0 aromatic heterocycles. The van der Waals surface area contributed by atoms with Crippen LogP contribution in [0.4, 0.5) is 5.69 Å². The van der Waals surface area contributed by atoms with E-state index in [1.54, 1.807) is 0 Å². The minimum atomic E-state index is -0.420. The van der Waals surface area contributed by atoms with Crippen LogP contribution >= 0.6 is 27.5 Å². The van der Waals surface area contributed by atoms with Crippen LogP contribution in [0, 0.1) is 0 Å². The molecule has 2 rings (SSSR count). The van der Waals surface area contributed by atoms with E-state index in [9.17, 15) is 0 Å². The van der Waals surface area contributed by atoms with Gasteiger partial charge in [-0.1, -0.05) is 52.4 Å². The third kappa shape index (κ3) is 3.32. The minimum absolute atomic E-state index is 0.420. The van der Waals surface area contributed by atoms with Crippen LogP contribution in [0.1, 0.15) is 6.42 Å². The van der Waals surface area contributed by atoms with Gasteiger partial charge >= 0.3 is 0 Å². The molecule has 0 fully saturated rings. The molecule has 0 bridgehead atoms. The van der Waals surface area contributed by atoms with Gasteiger partial charge in [0.05, 0.1) is 5.69 Å². The molecule has 0 heterocycles. The van der Waals surface area contributed by atoms with Crippen molar-refractivity contribution < 1.29 is 0 Å². The van der Waals surface area contributed by atoms with E-state index in [1.807, 2.05) is 48.7 Å². The van der Waals surface area contributed by atoms with Gasteiger partial charge in [-0.2, -0.15) is 0 Å². The quantitative estimate of drug-likeness (QED) is 0.558. The molecule has 0 saturated carbocycles. The Bertz CT molecular complexity index is 446. The number of nitrogens with zero attached hydrogens (tertiary/aromatic N) is 1. The molecule has 1 aliphatic carbocycles. The van der Waals surface area contributed by atoms with Crippen LogP contribution in [0.2, 0.25) is 0 Å². The number of benzene rings is 1. The smallest absolute Gasteiger partial charge is 0.121 e. The number of aliphatic imine (C=N–C) groups is 1. The molecule has 16 heavy (non-hydrogen) atoms. The van der Waals surface area contributed by atoms with Crippen molar-refractivity contribution in [2.75, 3.05) is 0 Å². The summed E-state index contributed by atoms with van der Waals surface area (Å²) in [5.41, 5.74) is 2.04. The van der Waals surface area contributed by atoms with Gasteiger partial charge in [0.15, 0.2) is 0 Å². The highest BCUT2D eigenvalue weighted by Gasteiger charge is 2.20. The molecule has 1 aliphatic rings. The maximum atomic E-state index is 6.10. The maximum absolute atomic E-state index is 6.10. The highest BCUT2D eigenvalue weighted by molar-refractivity contribution is 9.10. The summed E-state index contributed by atoms with van der Waals surface area (Å²) in [5.74, 6) is 0.